The van der Waals surface area contributed by atoms with Crippen LogP contribution in [0.1, 0.15) is 6.42 Å². The van der Waals surface area contributed by atoms with Gasteiger partial charge in [-0.3, -0.25) is 0 Å². The predicted octanol–water partition coefficient (Wildman–Crippen LogP) is 1.56. The molecule has 84 valence electrons. The van der Waals surface area contributed by atoms with Crippen LogP contribution < -0.4 is 0 Å². The molecule has 0 radical (unpaired) electrons. The summed E-state index contributed by atoms with van der Waals surface area (Å²) in [5.41, 5.74) is 0. The maximum Gasteiger partial charge on any atom is 0.176 e. The summed E-state index contributed by atoms with van der Waals surface area (Å²) in [4.78, 5) is 1.13. The molecule has 0 aromatic heterocycles. The number of hydrogen-bond donors (Lipinski definition) is 1. The molecule has 0 aliphatic rings. The van der Waals surface area contributed by atoms with E-state index in [9.17, 15) is 8.42 Å². The summed E-state index contributed by atoms with van der Waals surface area (Å²) in [6.07, 6.45) is 1.88. The van der Waals surface area contributed by atoms with E-state index in [4.69, 9.17) is 5.11 Å². The molecule has 15 heavy (non-hydrogen) atoms. The summed E-state index contributed by atoms with van der Waals surface area (Å²) in [5.74, 6) is 0.725. The Bertz CT molecular complexity index is 412. The SMILES string of the molecule is CS(=O)(=O)c1ccccc1SCCCO. The van der Waals surface area contributed by atoms with E-state index in [1.807, 2.05) is 6.07 Å². The van der Waals surface area contributed by atoms with Crippen molar-refractivity contribution < 1.29 is 13.5 Å². The number of hydrogen-bond acceptors (Lipinski definition) is 4. The van der Waals surface area contributed by atoms with Crippen LogP contribution in [0.4, 0.5) is 0 Å². The molecule has 0 aliphatic heterocycles. The second-order valence-electron chi connectivity index (χ2n) is 3.14. The average molecular weight is 246 g/mol. The van der Waals surface area contributed by atoms with Crippen LogP contribution in [0, 0.1) is 0 Å². The first kappa shape index (κ1) is 12.5. The zero-order valence-corrected chi connectivity index (χ0v) is 10.1. The monoisotopic (exact) mass is 246 g/mol. The van der Waals surface area contributed by atoms with Crippen molar-refractivity contribution in [2.75, 3.05) is 18.6 Å². The summed E-state index contributed by atoms with van der Waals surface area (Å²) in [6.45, 7) is 0.133. The second-order valence-corrected chi connectivity index (χ2v) is 6.27. The van der Waals surface area contributed by atoms with Gasteiger partial charge in [0.1, 0.15) is 0 Å². The van der Waals surface area contributed by atoms with Crippen molar-refractivity contribution in [2.24, 2.45) is 0 Å². The molecule has 1 rings (SSSR count). The molecule has 0 atom stereocenters. The van der Waals surface area contributed by atoms with Gasteiger partial charge in [0, 0.05) is 23.5 Å². The molecule has 0 aliphatic carbocycles. The maximum absolute atomic E-state index is 11.4. The molecule has 0 amide bonds. The van der Waals surface area contributed by atoms with E-state index in [2.05, 4.69) is 0 Å². The van der Waals surface area contributed by atoms with Crippen molar-refractivity contribution in [1.29, 1.82) is 0 Å². The highest BCUT2D eigenvalue weighted by Gasteiger charge is 2.12. The summed E-state index contributed by atoms with van der Waals surface area (Å²) in [5, 5.41) is 8.64. The number of aliphatic hydroxyl groups excluding tert-OH is 1. The lowest BCUT2D eigenvalue weighted by atomic mass is 10.4. The van der Waals surface area contributed by atoms with Gasteiger partial charge in [-0.05, 0) is 18.6 Å². The maximum atomic E-state index is 11.4. The highest BCUT2D eigenvalue weighted by atomic mass is 32.2. The molecular formula is C10H14O3S2. The Morgan fingerprint density at radius 3 is 2.60 bits per heavy atom. The molecule has 0 spiro atoms. The van der Waals surface area contributed by atoms with Crippen LogP contribution in [0.5, 0.6) is 0 Å². The molecule has 1 aromatic carbocycles. The van der Waals surface area contributed by atoms with Gasteiger partial charge in [-0.25, -0.2) is 8.42 Å². The predicted molar refractivity (Wildman–Crippen MR) is 62.0 cm³/mol. The fourth-order valence-electron chi connectivity index (χ4n) is 1.12. The molecule has 5 heteroatoms. The Kier molecular flexibility index (Phi) is 4.63. The lowest BCUT2D eigenvalue weighted by molar-refractivity contribution is 0.296. The normalized spacial score (nSPS) is 11.6. The summed E-state index contributed by atoms with van der Waals surface area (Å²) in [6, 6.07) is 6.93. The number of benzene rings is 1. The minimum absolute atomic E-state index is 0.133. The molecule has 0 saturated heterocycles. The molecule has 1 aromatic rings. The van der Waals surface area contributed by atoms with Crippen molar-refractivity contribution in [3.05, 3.63) is 24.3 Å². The highest BCUT2D eigenvalue weighted by molar-refractivity contribution is 8.00. The van der Waals surface area contributed by atoms with Crippen molar-refractivity contribution in [3.63, 3.8) is 0 Å². The Morgan fingerprint density at radius 2 is 2.00 bits per heavy atom. The Hall–Kier alpha value is -0.520. The van der Waals surface area contributed by atoms with Crippen molar-refractivity contribution >= 4 is 21.6 Å². The first-order valence-electron chi connectivity index (χ1n) is 4.58. The topological polar surface area (TPSA) is 54.4 Å². The van der Waals surface area contributed by atoms with Gasteiger partial charge in [-0.2, -0.15) is 0 Å². The van der Waals surface area contributed by atoms with Gasteiger partial charge < -0.3 is 5.11 Å². The first-order chi connectivity index (χ1) is 7.05. The Labute approximate surface area is 94.4 Å². The van der Waals surface area contributed by atoms with Gasteiger partial charge >= 0.3 is 0 Å². The highest BCUT2D eigenvalue weighted by Crippen LogP contribution is 2.26. The number of thioether (sulfide) groups is 1. The van der Waals surface area contributed by atoms with Crippen LogP contribution in [0.3, 0.4) is 0 Å². The summed E-state index contributed by atoms with van der Waals surface area (Å²) < 4.78 is 22.8. The first-order valence-corrected chi connectivity index (χ1v) is 7.46. The minimum atomic E-state index is -3.15. The standard InChI is InChI=1S/C10H14O3S2/c1-15(12,13)10-6-3-2-5-9(10)14-8-4-7-11/h2-3,5-6,11H,4,7-8H2,1H3. The zero-order chi connectivity index (χ0) is 11.3. The van der Waals surface area contributed by atoms with Gasteiger partial charge in [0.25, 0.3) is 0 Å². The van der Waals surface area contributed by atoms with Crippen LogP contribution in [0.25, 0.3) is 0 Å². The van der Waals surface area contributed by atoms with Crippen molar-refractivity contribution in [1.82, 2.24) is 0 Å². The lowest BCUT2D eigenvalue weighted by Crippen LogP contribution is -1.99. The van der Waals surface area contributed by atoms with Crippen molar-refractivity contribution in [2.45, 2.75) is 16.2 Å². The van der Waals surface area contributed by atoms with E-state index in [1.165, 1.54) is 18.0 Å². The van der Waals surface area contributed by atoms with Crippen LogP contribution in [0.15, 0.2) is 34.1 Å². The van der Waals surface area contributed by atoms with Crippen LogP contribution in [-0.2, 0) is 9.84 Å². The third-order valence-electron chi connectivity index (χ3n) is 1.81. The fourth-order valence-corrected chi connectivity index (χ4v) is 3.39. The summed E-state index contributed by atoms with van der Waals surface area (Å²) in [7, 11) is -3.15. The van der Waals surface area contributed by atoms with E-state index in [1.54, 1.807) is 18.2 Å². The Morgan fingerprint density at radius 1 is 1.33 bits per heavy atom. The second kappa shape index (κ2) is 5.53. The lowest BCUT2D eigenvalue weighted by Gasteiger charge is -2.06. The quantitative estimate of drug-likeness (QED) is 0.633. The number of sulfone groups is 1. The molecule has 0 bridgehead atoms. The molecular weight excluding hydrogens is 232 g/mol. The van der Waals surface area contributed by atoms with Crippen LogP contribution in [0.2, 0.25) is 0 Å². The van der Waals surface area contributed by atoms with Gasteiger partial charge in [-0.1, -0.05) is 12.1 Å². The molecule has 3 nitrogen and oxygen atoms in total. The van der Waals surface area contributed by atoms with Crippen LogP contribution in [-0.4, -0.2) is 32.1 Å². The molecule has 0 heterocycles. The summed E-state index contributed by atoms with van der Waals surface area (Å²) >= 11 is 1.46. The third-order valence-corrected chi connectivity index (χ3v) is 4.25. The molecule has 0 saturated carbocycles. The van der Waals surface area contributed by atoms with Crippen LogP contribution >= 0.6 is 11.8 Å². The molecule has 0 fully saturated rings. The van der Waals surface area contributed by atoms with E-state index in [0.29, 0.717) is 11.3 Å². The average Bonchev–Trinajstić information content (AvgIpc) is 2.17. The van der Waals surface area contributed by atoms with E-state index in [0.717, 1.165) is 10.6 Å². The third kappa shape index (κ3) is 3.85. The van der Waals surface area contributed by atoms with Gasteiger partial charge in [0.15, 0.2) is 9.84 Å². The van der Waals surface area contributed by atoms with Crippen molar-refractivity contribution in [3.8, 4) is 0 Å². The largest absolute Gasteiger partial charge is 0.396 e. The van der Waals surface area contributed by atoms with Gasteiger partial charge in [-0.15, -0.1) is 11.8 Å². The van der Waals surface area contributed by atoms with Gasteiger partial charge in [0.2, 0.25) is 0 Å². The smallest absolute Gasteiger partial charge is 0.176 e. The van der Waals surface area contributed by atoms with E-state index < -0.39 is 9.84 Å². The molecule has 0 unspecified atom stereocenters. The minimum Gasteiger partial charge on any atom is -0.396 e. The Balaban J connectivity index is 2.88. The fraction of sp³-hybridized carbons (Fsp3) is 0.400. The zero-order valence-electron chi connectivity index (χ0n) is 8.51. The van der Waals surface area contributed by atoms with E-state index >= 15 is 0 Å². The van der Waals surface area contributed by atoms with Gasteiger partial charge in [0.05, 0.1) is 4.90 Å². The molecule has 1 N–H and O–H groups in total. The number of rotatable bonds is 5. The number of aliphatic hydroxyl groups is 1. The van der Waals surface area contributed by atoms with E-state index in [-0.39, 0.29) is 6.61 Å².